The first-order chi connectivity index (χ1) is 24.0. The van der Waals surface area contributed by atoms with Gasteiger partial charge in [0, 0.05) is 30.6 Å². The number of carbonyl (C=O) groups excluding carboxylic acids is 2. The Balaban J connectivity index is 1.86. The van der Waals surface area contributed by atoms with Crippen molar-refractivity contribution >= 4 is 39.1 Å². The van der Waals surface area contributed by atoms with Gasteiger partial charge in [-0.1, -0.05) is 85.1 Å². The van der Waals surface area contributed by atoms with Crippen LogP contribution >= 0.6 is 11.6 Å². The summed E-state index contributed by atoms with van der Waals surface area (Å²) in [5, 5.41) is 3.23. The lowest BCUT2D eigenvalue weighted by atomic mass is 10.0. The maximum absolute atomic E-state index is 14.8. The number of aryl methyl sites for hydroxylation is 1. The second-order valence-corrected chi connectivity index (χ2v) is 14.0. The normalized spacial score (nSPS) is 11.7. The Morgan fingerprint density at radius 1 is 0.820 bits per heavy atom. The highest BCUT2D eigenvalue weighted by molar-refractivity contribution is 7.92. The number of anilines is 1. The standard InChI is InChI=1S/C38H44ClN3O7S/c1-6-7-21-40-38(44)33(22-28-11-9-8-10-12-28)41(25-29-15-13-27(2)14-16-29)37(43)26-42(32-23-30(39)17-19-34(32)47-3)50(45,46)31-18-20-35(48-4)36(24-31)49-5/h8-20,23-24,33H,6-7,21-22,25-26H2,1-5H3,(H,40,44)/t33-/m1/s1. The van der Waals surface area contributed by atoms with Crippen molar-refractivity contribution in [3.8, 4) is 17.2 Å². The van der Waals surface area contributed by atoms with E-state index in [-0.39, 0.29) is 46.0 Å². The predicted molar refractivity (Wildman–Crippen MR) is 196 cm³/mol. The van der Waals surface area contributed by atoms with Gasteiger partial charge in [-0.05, 0) is 54.8 Å². The van der Waals surface area contributed by atoms with E-state index in [2.05, 4.69) is 5.32 Å². The van der Waals surface area contributed by atoms with Crippen LogP contribution in [0.4, 0.5) is 5.69 Å². The fourth-order valence-electron chi connectivity index (χ4n) is 5.43. The maximum Gasteiger partial charge on any atom is 0.265 e. The zero-order valence-corrected chi connectivity index (χ0v) is 30.6. The van der Waals surface area contributed by atoms with Crippen LogP contribution in [-0.4, -0.2) is 65.6 Å². The number of sulfonamides is 1. The summed E-state index contributed by atoms with van der Waals surface area (Å²) in [5.41, 5.74) is 2.70. The van der Waals surface area contributed by atoms with Crippen molar-refractivity contribution in [2.45, 2.75) is 50.6 Å². The van der Waals surface area contributed by atoms with Crippen LogP contribution in [0.25, 0.3) is 0 Å². The molecule has 1 atom stereocenters. The zero-order chi connectivity index (χ0) is 36.3. The molecule has 4 aromatic rings. The Morgan fingerprint density at radius 2 is 1.48 bits per heavy atom. The lowest BCUT2D eigenvalue weighted by molar-refractivity contribution is -0.140. The van der Waals surface area contributed by atoms with Crippen LogP contribution in [0.15, 0.2) is 95.9 Å². The van der Waals surface area contributed by atoms with Gasteiger partial charge >= 0.3 is 0 Å². The second-order valence-electron chi connectivity index (χ2n) is 11.7. The molecule has 10 nitrogen and oxygen atoms in total. The van der Waals surface area contributed by atoms with Crippen LogP contribution in [0.1, 0.15) is 36.5 Å². The molecule has 0 radical (unpaired) electrons. The Kier molecular flexibility index (Phi) is 13.5. The molecule has 0 aliphatic carbocycles. The summed E-state index contributed by atoms with van der Waals surface area (Å²) in [6, 6.07) is 24.8. The van der Waals surface area contributed by atoms with Gasteiger partial charge in [0.2, 0.25) is 11.8 Å². The maximum atomic E-state index is 14.8. The molecule has 0 aliphatic heterocycles. The number of halogens is 1. The molecule has 0 unspecified atom stereocenters. The molecule has 50 heavy (non-hydrogen) atoms. The molecule has 0 saturated heterocycles. The van der Waals surface area contributed by atoms with E-state index < -0.39 is 28.5 Å². The summed E-state index contributed by atoms with van der Waals surface area (Å²) in [6.45, 7) is 3.80. The van der Waals surface area contributed by atoms with Gasteiger partial charge in [-0.2, -0.15) is 0 Å². The number of nitrogens with one attached hydrogen (secondary N) is 1. The van der Waals surface area contributed by atoms with E-state index >= 15 is 0 Å². The number of benzene rings is 4. The Morgan fingerprint density at radius 3 is 2.12 bits per heavy atom. The molecule has 0 aliphatic rings. The number of methoxy groups -OCH3 is 3. The fraction of sp³-hybridized carbons (Fsp3) is 0.316. The number of nitrogens with zero attached hydrogens (tertiary/aromatic N) is 2. The lowest BCUT2D eigenvalue weighted by Crippen LogP contribution is -2.53. The third-order valence-corrected chi connectivity index (χ3v) is 10.2. The summed E-state index contributed by atoms with van der Waals surface area (Å²) in [6.07, 6.45) is 1.85. The van der Waals surface area contributed by atoms with Gasteiger partial charge < -0.3 is 24.4 Å². The minimum Gasteiger partial charge on any atom is -0.495 e. The number of amides is 2. The first kappa shape index (κ1) is 38.1. The van der Waals surface area contributed by atoms with Gasteiger partial charge in [-0.3, -0.25) is 13.9 Å². The topological polar surface area (TPSA) is 114 Å². The smallest absolute Gasteiger partial charge is 0.265 e. The second kappa shape index (κ2) is 17.8. The van der Waals surface area contributed by atoms with E-state index in [0.29, 0.717) is 12.3 Å². The van der Waals surface area contributed by atoms with Crippen LogP contribution in [-0.2, 0) is 32.6 Å². The average molecular weight is 722 g/mol. The van der Waals surface area contributed by atoms with Crippen LogP contribution in [0, 0.1) is 6.92 Å². The number of rotatable bonds is 17. The van der Waals surface area contributed by atoms with E-state index in [9.17, 15) is 18.0 Å². The van der Waals surface area contributed by atoms with E-state index in [1.807, 2.05) is 68.4 Å². The van der Waals surface area contributed by atoms with E-state index in [0.717, 1.165) is 33.8 Å². The summed E-state index contributed by atoms with van der Waals surface area (Å²) in [7, 11) is -0.236. The number of carbonyl (C=O) groups is 2. The van der Waals surface area contributed by atoms with Crippen LogP contribution in [0.5, 0.6) is 17.2 Å². The Labute approximate surface area is 300 Å². The third-order valence-electron chi connectivity index (χ3n) is 8.21. The van der Waals surface area contributed by atoms with Crippen molar-refractivity contribution < 1.29 is 32.2 Å². The van der Waals surface area contributed by atoms with Gasteiger partial charge in [0.05, 0.1) is 31.9 Å². The predicted octanol–water partition coefficient (Wildman–Crippen LogP) is 6.43. The molecule has 0 bridgehead atoms. The van der Waals surface area contributed by atoms with Crippen molar-refractivity contribution in [2.75, 3.05) is 38.7 Å². The summed E-state index contributed by atoms with van der Waals surface area (Å²) in [4.78, 5) is 30.0. The van der Waals surface area contributed by atoms with Crippen molar-refractivity contribution in [3.63, 3.8) is 0 Å². The van der Waals surface area contributed by atoms with Gasteiger partial charge in [0.25, 0.3) is 10.0 Å². The molecule has 0 spiro atoms. The molecule has 1 N–H and O–H groups in total. The van der Waals surface area contributed by atoms with Crippen LogP contribution in [0.2, 0.25) is 5.02 Å². The molecular weight excluding hydrogens is 678 g/mol. The SMILES string of the molecule is CCCCNC(=O)[C@@H](Cc1ccccc1)N(Cc1ccc(C)cc1)C(=O)CN(c1cc(Cl)ccc1OC)S(=O)(=O)c1ccc(OC)c(OC)c1. The summed E-state index contributed by atoms with van der Waals surface area (Å²) < 4.78 is 46.4. The van der Waals surface area contributed by atoms with Crippen LogP contribution in [0.3, 0.4) is 0 Å². The van der Waals surface area contributed by atoms with Crippen molar-refractivity contribution in [2.24, 2.45) is 0 Å². The van der Waals surface area contributed by atoms with Crippen molar-refractivity contribution in [3.05, 3.63) is 113 Å². The lowest BCUT2D eigenvalue weighted by Gasteiger charge is -2.34. The summed E-state index contributed by atoms with van der Waals surface area (Å²) in [5.74, 6) is -0.253. The summed E-state index contributed by atoms with van der Waals surface area (Å²) >= 11 is 6.40. The molecule has 2 amide bonds. The Hall–Kier alpha value is -4.74. The van der Waals surface area contributed by atoms with Crippen molar-refractivity contribution in [1.82, 2.24) is 10.2 Å². The molecule has 0 heterocycles. The zero-order valence-electron chi connectivity index (χ0n) is 29.0. The highest BCUT2D eigenvalue weighted by atomic mass is 35.5. The number of ether oxygens (including phenoxy) is 3. The molecule has 4 rings (SSSR count). The van der Waals surface area contributed by atoms with E-state index in [1.54, 1.807) is 6.07 Å². The first-order valence-corrected chi connectivity index (χ1v) is 18.1. The average Bonchev–Trinajstić information content (AvgIpc) is 3.12. The van der Waals surface area contributed by atoms with Gasteiger partial charge in [0.15, 0.2) is 11.5 Å². The minimum absolute atomic E-state index is 0.0467. The van der Waals surface area contributed by atoms with Gasteiger partial charge in [0.1, 0.15) is 18.3 Å². The van der Waals surface area contributed by atoms with Gasteiger partial charge in [-0.15, -0.1) is 0 Å². The molecule has 0 fully saturated rings. The van der Waals surface area contributed by atoms with Crippen LogP contribution < -0.4 is 23.8 Å². The number of hydrogen-bond acceptors (Lipinski definition) is 7. The first-order valence-electron chi connectivity index (χ1n) is 16.3. The number of unbranched alkanes of at least 4 members (excludes halogenated alkanes) is 1. The van der Waals surface area contributed by atoms with Crippen molar-refractivity contribution in [1.29, 1.82) is 0 Å². The molecular formula is C38H44ClN3O7S. The van der Waals surface area contributed by atoms with Gasteiger partial charge in [-0.25, -0.2) is 8.42 Å². The molecule has 12 heteroatoms. The minimum atomic E-state index is -4.48. The highest BCUT2D eigenvalue weighted by Crippen LogP contribution is 2.37. The molecule has 4 aromatic carbocycles. The van der Waals surface area contributed by atoms with E-state index in [4.69, 9.17) is 25.8 Å². The Bertz CT molecular complexity index is 1850. The van der Waals surface area contributed by atoms with E-state index in [1.165, 1.54) is 56.6 Å². The number of hydrogen-bond donors (Lipinski definition) is 1. The highest BCUT2D eigenvalue weighted by Gasteiger charge is 2.36. The molecule has 266 valence electrons. The monoisotopic (exact) mass is 721 g/mol. The third kappa shape index (κ3) is 9.48. The quantitative estimate of drug-likeness (QED) is 0.125. The fourth-order valence-corrected chi connectivity index (χ4v) is 7.02. The molecule has 0 saturated carbocycles. The molecule has 0 aromatic heterocycles. The largest absolute Gasteiger partial charge is 0.495 e.